The molecule has 21 heavy (non-hydrogen) atoms. The van der Waals surface area contributed by atoms with Crippen LogP contribution in [-0.4, -0.2) is 5.91 Å². The fourth-order valence-electron chi connectivity index (χ4n) is 2.28. The molecule has 0 unspecified atom stereocenters. The Morgan fingerprint density at radius 2 is 1.71 bits per heavy atom. The maximum absolute atomic E-state index is 12.6. The number of nitrogens with one attached hydrogen (secondary N) is 1. The van der Waals surface area contributed by atoms with Crippen LogP contribution in [0, 0.1) is 9.49 Å². The first-order valence-electron chi connectivity index (χ1n) is 6.80. The third kappa shape index (κ3) is 4.20. The van der Waals surface area contributed by atoms with E-state index < -0.39 is 0 Å². The van der Waals surface area contributed by atoms with Crippen LogP contribution in [0.5, 0.6) is 0 Å². The monoisotopic (exact) mass is 413 g/mol. The minimum atomic E-state index is -0.196. The van der Waals surface area contributed by atoms with Gasteiger partial charge in [0.25, 0.3) is 0 Å². The Morgan fingerprint density at radius 3 is 2.29 bits per heavy atom. The quantitative estimate of drug-likeness (QED) is 0.675. The van der Waals surface area contributed by atoms with Gasteiger partial charge >= 0.3 is 0 Å². The Balaban J connectivity index is 2.24. The van der Waals surface area contributed by atoms with Gasteiger partial charge in [0, 0.05) is 8.59 Å². The minimum absolute atomic E-state index is 0.0106. The molecule has 0 spiro atoms. The van der Waals surface area contributed by atoms with Crippen LogP contribution in [0.4, 0.5) is 5.69 Å². The summed E-state index contributed by atoms with van der Waals surface area (Å²) >= 11 is 8.15. The first-order chi connectivity index (χ1) is 9.99. The van der Waals surface area contributed by atoms with Crippen LogP contribution in [0.1, 0.15) is 25.3 Å². The average Bonchev–Trinajstić information content (AvgIpc) is 2.43. The Morgan fingerprint density at radius 1 is 1.10 bits per heavy atom. The van der Waals surface area contributed by atoms with E-state index in [0.717, 1.165) is 14.8 Å². The molecule has 0 aliphatic heterocycles. The lowest BCUT2D eigenvalue weighted by molar-refractivity contribution is -0.118. The number of carbonyl (C=O) groups excluding carboxylic acids is 1. The lowest BCUT2D eigenvalue weighted by atomic mass is 9.87. The summed E-state index contributed by atoms with van der Waals surface area (Å²) in [6, 6.07) is 15.3. The Hall–Kier alpha value is -1.07. The second-order valence-corrected chi connectivity index (χ2v) is 6.84. The van der Waals surface area contributed by atoms with Crippen molar-refractivity contribution in [3.05, 3.63) is 62.7 Å². The van der Waals surface area contributed by atoms with Crippen LogP contribution in [0.15, 0.2) is 48.5 Å². The molecule has 110 valence electrons. The van der Waals surface area contributed by atoms with Gasteiger partial charge in [0.15, 0.2) is 0 Å². The Bertz CT molecular complexity index is 625. The molecule has 0 saturated heterocycles. The van der Waals surface area contributed by atoms with Crippen molar-refractivity contribution in [1.82, 2.24) is 0 Å². The molecule has 0 aliphatic rings. The number of halogens is 2. The van der Waals surface area contributed by atoms with Crippen molar-refractivity contribution in [3.8, 4) is 0 Å². The number of hydrogen-bond acceptors (Lipinski definition) is 1. The van der Waals surface area contributed by atoms with E-state index in [4.69, 9.17) is 11.6 Å². The van der Waals surface area contributed by atoms with E-state index in [-0.39, 0.29) is 17.7 Å². The highest BCUT2D eigenvalue weighted by Crippen LogP contribution is 2.28. The molecule has 0 heterocycles. The zero-order valence-electron chi connectivity index (χ0n) is 11.9. The Kier molecular flexibility index (Phi) is 5.65. The van der Waals surface area contributed by atoms with Crippen LogP contribution < -0.4 is 5.32 Å². The van der Waals surface area contributed by atoms with Gasteiger partial charge < -0.3 is 5.32 Å². The summed E-state index contributed by atoms with van der Waals surface area (Å²) in [6.07, 6.45) is 0. The Labute approximate surface area is 144 Å². The molecule has 2 nitrogen and oxygen atoms in total. The zero-order valence-corrected chi connectivity index (χ0v) is 14.9. The van der Waals surface area contributed by atoms with Crippen LogP contribution in [-0.2, 0) is 4.79 Å². The number of benzene rings is 2. The summed E-state index contributed by atoms with van der Waals surface area (Å²) in [5.41, 5.74) is 1.83. The van der Waals surface area contributed by atoms with E-state index in [0.29, 0.717) is 5.02 Å². The molecule has 1 amide bonds. The number of para-hydroxylation sites is 1. The standard InChI is InChI=1S/C17H17ClINO/c1-11(2)16(12-7-9-13(18)10-8-12)17(21)20-15-6-4-3-5-14(15)19/h3-11,16H,1-2H3,(H,20,21)/t16-/m1/s1. The topological polar surface area (TPSA) is 29.1 Å². The largest absolute Gasteiger partial charge is 0.325 e. The van der Waals surface area contributed by atoms with E-state index in [9.17, 15) is 4.79 Å². The smallest absolute Gasteiger partial charge is 0.232 e. The maximum Gasteiger partial charge on any atom is 0.232 e. The van der Waals surface area contributed by atoms with E-state index in [1.807, 2.05) is 48.5 Å². The second-order valence-electron chi connectivity index (χ2n) is 5.24. The van der Waals surface area contributed by atoms with Crippen molar-refractivity contribution in [2.75, 3.05) is 5.32 Å². The molecule has 2 aromatic carbocycles. The van der Waals surface area contributed by atoms with E-state index in [2.05, 4.69) is 41.8 Å². The summed E-state index contributed by atoms with van der Waals surface area (Å²) in [5, 5.41) is 3.71. The van der Waals surface area contributed by atoms with Gasteiger partial charge in [-0.15, -0.1) is 0 Å². The van der Waals surface area contributed by atoms with Crippen LogP contribution in [0.25, 0.3) is 0 Å². The summed E-state index contributed by atoms with van der Waals surface area (Å²) in [7, 11) is 0. The van der Waals surface area contributed by atoms with Crippen LogP contribution in [0.3, 0.4) is 0 Å². The molecule has 0 fully saturated rings. The van der Waals surface area contributed by atoms with Crippen molar-refractivity contribution < 1.29 is 4.79 Å². The van der Waals surface area contributed by atoms with Gasteiger partial charge in [0.2, 0.25) is 5.91 Å². The fraction of sp³-hybridized carbons (Fsp3) is 0.235. The molecule has 2 rings (SSSR count). The van der Waals surface area contributed by atoms with Gasteiger partial charge in [-0.25, -0.2) is 0 Å². The highest BCUT2D eigenvalue weighted by Gasteiger charge is 2.24. The van der Waals surface area contributed by atoms with Crippen molar-refractivity contribution in [2.45, 2.75) is 19.8 Å². The summed E-state index contributed by atoms with van der Waals surface area (Å²) in [6.45, 7) is 4.10. The van der Waals surface area contributed by atoms with Gasteiger partial charge in [-0.05, 0) is 58.3 Å². The average molecular weight is 414 g/mol. The highest BCUT2D eigenvalue weighted by molar-refractivity contribution is 14.1. The first-order valence-corrected chi connectivity index (χ1v) is 8.25. The molecule has 2 aromatic rings. The molecule has 0 saturated carbocycles. The maximum atomic E-state index is 12.6. The molecule has 0 radical (unpaired) electrons. The highest BCUT2D eigenvalue weighted by atomic mass is 127. The van der Waals surface area contributed by atoms with E-state index >= 15 is 0 Å². The fourth-order valence-corrected chi connectivity index (χ4v) is 2.93. The van der Waals surface area contributed by atoms with E-state index in [1.54, 1.807) is 0 Å². The normalized spacial score (nSPS) is 12.2. The first kappa shape index (κ1) is 16.3. The van der Waals surface area contributed by atoms with Crippen molar-refractivity contribution in [2.24, 2.45) is 5.92 Å². The second kappa shape index (κ2) is 7.27. The predicted molar refractivity (Wildman–Crippen MR) is 96.8 cm³/mol. The molecular weight excluding hydrogens is 397 g/mol. The third-order valence-corrected chi connectivity index (χ3v) is 4.50. The SMILES string of the molecule is CC(C)[C@@H](C(=O)Nc1ccccc1I)c1ccc(Cl)cc1. The molecule has 1 atom stereocenters. The van der Waals surface area contributed by atoms with Gasteiger partial charge in [0.05, 0.1) is 11.6 Å². The van der Waals surface area contributed by atoms with Crippen LogP contribution >= 0.6 is 34.2 Å². The number of carbonyl (C=O) groups is 1. The summed E-state index contributed by atoms with van der Waals surface area (Å²) in [5.74, 6) is 0.0160. The zero-order chi connectivity index (χ0) is 15.4. The summed E-state index contributed by atoms with van der Waals surface area (Å²) < 4.78 is 1.03. The van der Waals surface area contributed by atoms with Gasteiger partial charge in [0.1, 0.15) is 0 Å². The molecule has 4 heteroatoms. The van der Waals surface area contributed by atoms with Crippen LogP contribution in [0.2, 0.25) is 5.02 Å². The number of hydrogen-bond donors (Lipinski definition) is 1. The molecule has 1 N–H and O–H groups in total. The van der Waals surface area contributed by atoms with Crippen molar-refractivity contribution in [1.29, 1.82) is 0 Å². The number of rotatable bonds is 4. The summed E-state index contributed by atoms with van der Waals surface area (Å²) in [4.78, 5) is 12.6. The van der Waals surface area contributed by atoms with Gasteiger partial charge in [-0.2, -0.15) is 0 Å². The molecule has 0 aromatic heterocycles. The molecule has 0 bridgehead atoms. The molecule has 0 aliphatic carbocycles. The minimum Gasteiger partial charge on any atom is -0.325 e. The predicted octanol–water partition coefficient (Wildman–Crippen LogP) is 5.32. The lowest BCUT2D eigenvalue weighted by Gasteiger charge is -2.21. The van der Waals surface area contributed by atoms with Gasteiger partial charge in [-0.1, -0.05) is 49.7 Å². The lowest BCUT2D eigenvalue weighted by Crippen LogP contribution is -2.25. The van der Waals surface area contributed by atoms with Crippen molar-refractivity contribution >= 4 is 45.8 Å². The number of anilines is 1. The van der Waals surface area contributed by atoms with Gasteiger partial charge in [-0.3, -0.25) is 4.79 Å². The van der Waals surface area contributed by atoms with Crippen molar-refractivity contribution in [3.63, 3.8) is 0 Å². The molecular formula is C17H17ClINO. The van der Waals surface area contributed by atoms with E-state index in [1.165, 1.54) is 0 Å². The number of amides is 1. The third-order valence-electron chi connectivity index (χ3n) is 3.31.